The normalized spacial score (nSPS) is 14.7. The van der Waals surface area contributed by atoms with Gasteiger partial charge in [0.25, 0.3) is 0 Å². The van der Waals surface area contributed by atoms with E-state index in [-0.39, 0.29) is 0 Å². The molecular formula is C47H32N4O. The summed E-state index contributed by atoms with van der Waals surface area (Å²) in [5.74, 6) is 1.62. The van der Waals surface area contributed by atoms with E-state index in [2.05, 4.69) is 172 Å². The van der Waals surface area contributed by atoms with Crippen molar-refractivity contribution in [2.45, 2.75) is 6.42 Å². The van der Waals surface area contributed by atoms with Gasteiger partial charge in [-0.1, -0.05) is 115 Å². The van der Waals surface area contributed by atoms with Gasteiger partial charge < -0.3 is 9.32 Å². The summed E-state index contributed by atoms with van der Waals surface area (Å²) < 4.78 is 11.3. The van der Waals surface area contributed by atoms with Crippen LogP contribution in [0.5, 0.6) is 0 Å². The van der Waals surface area contributed by atoms with Crippen LogP contribution in [0.2, 0.25) is 0 Å². The van der Waals surface area contributed by atoms with Gasteiger partial charge in [-0.2, -0.15) is 0 Å². The van der Waals surface area contributed by atoms with Crippen molar-refractivity contribution in [1.82, 2.24) is 14.1 Å². The lowest BCUT2D eigenvalue weighted by Crippen LogP contribution is -2.18. The smallest absolute Gasteiger partial charge is 0.183 e. The van der Waals surface area contributed by atoms with E-state index in [4.69, 9.17) is 9.40 Å². The Morgan fingerprint density at radius 1 is 0.500 bits per heavy atom. The zero-order chi connectivity index (χ0) is 34.2. The second-order valence-corrected chi connectivity index (χ2v) is 13.5. The van der Waals surface area contributed by atoms with Crippen molar-refractivity contribution in [2.24, 2.45) is 0 Å². The molecule has 1 aliphatic rings. The molecule has 0 aliphatic carbocycles. The van der Waals surface area contributed by atoms with Crippen LogP contribution in [0.1, 0.15) is 5.56 Å². The highest BCUT2D eigenvalue weighted by Crippen LogP contribution is 2.41. The van der Waals surface area contributed by atoms with Crippen molar-refractivity contribution in [3.63, 3.8) is 0 Å². The lowest BCUT2D eigenvalue weighted by molar-refractivity contribution is 0.663. The molecule has 0 N–H and O–H groups in total. The number of aromatic nitrogens is 3. The van der Waals surface area contributed by atoms with Gasteiger partial charge >= 0.3 is 0 Å². The second-order valence-electron chi connectivity index (χ2n) is 13.5. The van der Waals surface area contributed by atoms with E-state index in [0.717, 1.165) is 74.3 Å². The SMILES string of the molecule is C1=C\Cc2ccccc2N(c2ccc3c(c2)c2ccccc2n3-c2nc(-n3c4ccccc4c4ccccc43)cc3c2oc2ccccc23)C\C=C/1. The Morgan fingerprint density at radius 2 is 1.12 bits per heavy atom. The Balaban J connectivity index is 1.21. The first kappa shape index (κ1) is 28.9. The van der Waals surface area contributed by atoms with E-state index in [1.54, 1.807) is 0 Å². The van der Waals surface area contributed by atoms with Gasteiger partial charge in [0, 0.05) is 50.2 Å². The van der Waals surface area contributed by atoms with Gasteiger partial charge in [0.2, 0.25) is 0 Å². The molecule has 0 atom stereocenters. The Bertz CT molecular complexity index is 3050. The highest BCUT2D eigenvalue weighted by molar-refractivity contribution is 6.14. The van der Waals surface area contributed by atoms with Crippen molar-refractivity contribution in [3.05, 3.63) is 175 Å². The molecule has 0 bridgehead atoms. The minimum absolute atomic E-state index is 0.768. The van der Waals surface area contributed by atoms with Crippen molar-refractivity contribution in [1.29, 1.82) is 0 Å². The summed E-state index contributed by atoms with van der Waals surface area (Å²) in [5.41, 5.74) is 9.70. The van der Waals surface area contributed by atoms with Gasteiger partial charge in [0.05, 0.1) is 22.1 Å². The van der Waals surface area contributed by atoms with Crippen LogP contribution < -0.4 is 4.90 Å². The third-order valence-electron chi connectivity index (χ3n) is 10.6. The predicted octanol–water partition coefficient (Wildman–Crippen LogP) is 12.0. The number of furan rings is 1. The molecule has 0 saturated heterocycles. The molecule has 0 amide bonds. The number of nitrogens with zero attached hydrogens (tertiary/aromatic N) is 4. The molecule has 5 heterocycles. The summed E-state index contributed by atoms with van der Waals surface area (Å²) in [6.45, 7) is 0.771. The van der Waals surface area contributed by atoms with E-state index < -0.39 is 0 Å². The number of hydrogen-bond donors (Lipinski definition) is 0. The maximum atomic E-state index is 6.73. The van der Waals surface area contributed by atoms with Crippen LogP contribution in [0.4, 0.5) is 11.4 Å². The van der Waals surface area contributed by atoms with Gasteiger partial charge in [0.15, 0.2) is 11.4 Å². The van der Waals surface area contributed by atoms with Gasteiger partial charge in [-0.3, -0.25) is 9.13 Å². The first-order valence-electron chi connectivity index (χ1n) is 17.8. The molecule has 4 aromatic heterocycles. The largest absolute Gasteiger partial charge is 0.452 e. The summed E-state index contributed by atoms with van der Waals surface area (Å²) in [4.78, 5) is 7.98. The number of benzene rings is 6. The van der Waals surface area contributed by atoms with Crippen LogP contribution in [0, 0.1) is 0 Å². The van der Waals surface area contributed by atoms with E-state index in [9.17, 15) is 0 Å². The third kappa shape index (κ3) is 4.26. The van der Waals surface area contributed by atoms with Crippen LogP contribution in [0.25, 0.3) is 77.2 Å². The minimum atomic E-state index is 0.768. The summed E-state index contributed by atoms with van der Waals surface area (Å²) in [7, 11) is 0. The third-order valence-corrected chi connectivity index (χ3v) is 10.6. The van der Waals surface area contributed by atoms with Crippen LogP contribution in [0.15, 0.2) is 174 Å². The van der Waals surface area contributed by atoms with Crippen molar-refractivity contribution in [3.8, 4) is 11.6 Å². The lowest BCUT2D eigenvalue weighted by atomic mass is 10.1. The summed E-state index contributed by atoms with van der Waals surface area (Å²) >= 11 is 0. The zero-order valence-corrected chi connectivity index (χ0v) is 28.3. The number of rotatable bonds is 3. The average Bonchev–Trinajstić information content (AvgIpc) is 3.87. The number of anilines is 2. The summed E-state index contributed by atoms with van der Waals surface area (Å²) in [6, 6.07) is 51.9. The number of allylic oxidation sites excluding steroid dienone is 3. The van der Waals surface area contributed by atoms with Gasteiger partial charge in [-0.05, 0) is 66.6 Å². The lowest BCUT2D eigenvalue weighted by Gasteiger charge is -2.26. The van der Waals surface area contributed by atoms with Crippen LogP contribution in [-0.2, 0) is 6.42 Å². The van der Waals surface area contributed by atoms with Crippen LogP contribution in [-0.4, -0.2) is 20.7 Å². The predicted molar refractivity (Wildman–Crippen MR) is 216 cm³/mol. The average molecular weight is 669 g/mol. The minimum Gasteiger partial charge on any atom is -0.452 e. The Kier molecular flexibility index (Phi) is 6.31. The fraction of sp³-hybridized carbons (Fsp3) is 0.0426. The van der Waals surface area contributed by atoms with Crippen LogP contribution >= 0.6 is 0 Å². The van der Waals surface area contributed by atoms with E-state index >= 15 is 0 Å². The molecule has 0 radical (unpaired) electrons. The molecule has 5 nitrogen and oxygen atoms in total. The number of para-hydroxylation sites is 5. The maximum absolute atomic E-state index is 6.73. The standard InChI is InChI=1S/C47H32N4O/c1-2-14-28-49(39-21-9-4-16-31(39)15-3-1)32-26-27-43-37(29-32)35-19-7-12-24-42(35)51(43)47-46-38(36-20-8-13-25-44(36)52-46)30-45(48-47)50-40-22-10-5-17-33(40)34-18-6-11-23-41(34)50/h1-14,16-27,29-30H,15,28H2/b3-1-,14-2-. The number of pyridine rings is 1. The quantitative estimate of drug-likeness (QED) is 0.188. The van der Waals surface area contributed by atoms with Crippen molar-refractivity contribution in [2.75, 3.05) is 11.4 Å². The Labute approximate surface area is 299 Å². The first-order chi connectivity index (χ1) is 25.8. The molecule has 5 heteroatoms. The Hall–Kier alpha value is -6.85. The Morgan fingerprint density at radius 3 is 1.90 bits per heavy atom. The molecule has 10 aromatic rings. The molecule has 1 aliphatic heterocycles. The molecule has 11 rings (SSSR count). The van der Waals surface area contributed by atoms with E-state index in [0.29, 0.717) is 0 Å². The van der Waals surface area contributed by atoms with Crippen LogP contribution in [0.3, 0.4) is 0 Å². The fourth-order valence-electron chi connectivity index (χ4n) is 8.30. The monoisotopic (exact) mass is 668 g/mol. The molecule has 0 unspecified atom stereocenters. The van der Waals surface area contributed by atoms with Crippen molar-refractivity contribution >= 4 is 76.9 Å². The molecule has 52 heavy (non-hydrogen) atoms. The maximum Gasteiger partial charge on any atom is 0.183 e. The fourth-order valence-corrected chi connectivity index (χ4v) is 8.30. The molecule has 6 aromatic carbocycles. The first-order valence-corrected chi connectivity index (χ1v) is 17.8. The number of fused-ring (bicyclic) bond motifs is 10. The molecule has 0 saturated carbocycles. The molecule has 0 fully saturated rings. The van der Waals surface area contributed by atoms with E-state index in [1.807, 2.05) is 12.1 Å². The molecular weight excluding hydrogens is 637 g/mol. The highest BCUT2D eigenvalue weighted by Gasteiger charge is 2.23. The zero-order valence-electron chi connectivity index (χ0n) is 28.3. The molecule has 0 spiro atoms. The number of hydrogen-bond acceptors (Lipinski definition) is 3. The van der Waals surface area contributed by atoms with Gasteiger partial charge in [0.1, 0.15) is 11.4 Å². The summed E-state index contributed by atoms with van der Waals surface area (Å²) in [5, 5.41) is 6.85. The molecule has 246 valence electrons. The topological polar surface area (TPSA) is 39.1 Å². The van der Waals surface area contributed by atoms with E-state index in [1.165, 1.54) is 32.8 Å². The summed E-state index contributed by atoms with van der Waals surface area (Å²) in [6.07, 6.45) is 9.65. The van der Waals surface area contributed by atoms with Crippen molar-refractivity contribution < 1.29 is 4.42 Å². The van der Waals surface area contributed by atoms with Gasteiger partial charge in [-0.25, -0.2) is 4.98 Å². The highest BCUT2D eigenvalue weighted by atomic mass is 16.3. The van der Waals surface area contributed by atoms with Gasteiger partial charge in [-0.15, -0.1) is 0 Å². The second kappa shape index (κ2) is 11.3.